The number of carbonyl (C=O) groups is 2. The molecule has 0 radical (unpaired) electrons. The molecule has 1 aromatic heterocycles. The highest BCUT2D eigenvalue weighted by Crippen LogP contribution is 2.23. The van der Waals surface area contributed by atoms with E-state index in [0.717, 1.165) is 11.4 Å². The van der Waals surface area contributed by atoms with E-state index in [4.69, 9.17) is 9.84 Å². The third kappa shape index (κ3) is 3.85. The molecule has 132 valence electrons. The van der Waals surface area contributed by atoms with Crippen molar-refractivity contribution in [3.63, 3.8) is 0 Å². The van der Waals surface area contributed by atoms with Crippen molar-refractivity contribution in [2.75, 3.05) is 13.2 Å². The maximum Gasteiger partial charge on any atom is 0.305 e. The zero-order valence-corrected chi connectivity index (χ0v) is 13.9. The van der Waals surface area contributed by atoms with Crippen LogP contribution in [0.15, 0.2) is 30.3 Å². The molecule has 1 atom stereocenters. The first-order valence-electron chi connectivity index (χ1n) is 8.06. The van der Waals surface area contributed by atoms with Gasteiger partial charge in [0.1, 0.15) is 0 Å². The molecule has 8 nitrogen and oxygen atoms in total. The molecule has 1 saturated heterocycles. The number of hydrogen-bond acceptors (Lipinski definition) is 5. The number of hydrogen-bond donors (Lipinski definition) is 2. The van der Waals surface area contributed by atoms with Gasteiger partial charge >= 0.3 is 5.97 Å². The molecule has 1 aromatic carbocycles. The van der Waals surface area contributed by atoms with Gasteiger partial charge in [-0.15, -0.1) is 5.10 Å². The minimum atomic E-state index is -0.961. The van der Waals surface area contributed by atoms with Crippen molar-refractivity contribution in [1.29, 1.82) is 0 Å². The van der Waals surface area contributed by atoms with Crippen molar-refractivity contribution in [1.82, 2.24) is 20.3 Å². The van der Waals surface area contributed by atoms with Crippen LogP contribution < -0.4 is 5.32 Å². The van der Waals surface area contributed by atoms with Crippen LogP contribution in [0.1, 0.15) is 24.2 Å². The summed E-state index contributed by atoms with van der Waals surface area (Å²) in [6.45, 7) is 2.50. The summed E-state index contributed by atoms with van der Waals surface area (Å²) < 4.78 is 6.96. The Morgan fingerprint density at radius 1 is 1.36 bits per heavy atom. The highest BCUT2D eigenvalue weighted by molar-refractivity contribution is 5.80. The number of aliphatic carboxylic acids is 1. The van der Waals surface area contributed by atoms with Gasteiger partial charge in [-0.1, -0.05) is 23.4 Å². The van der Waals surface area contributed by atoms with E-state index in [1.54, 1.807) is 4.68 Å². The number of carboxylic acid groups (broad SMARTS) is 1. The second kappa shape index (κ2) is 7.02. The second-order valence-electron chi connectivity index (χ2n) is 6.25. The quantitative estimate of drug-likeness (QED) is 0.805. The van der Waals surface area contributed by atoms with Gasteiger partial charge in [0.15, 0.2) is 0 Å². The average Bonchev–Trinajstić information content (AvgIpc) is 3.15. The van der Waals surface area contributed by atoms with Crippen molar-refractivity contribution in [3.05, 3.63) is 41.7 Å². The van der Waals surface area contributed by atoms with Gasteiger partial charge < -0.3 is 15.2 Å². The molecule has 0 saturated carbocycles. The number of para-hydroxylation sites is 1. The van der Waals surface area contributed by atoms with E-state index in [1.165, 1.54) is 0 Å². The number of ether oxygens (including phenoxy) is 1. The third-order valence-electron chi connectivity index (χ3n) is 4.32. The van der Waals surface area contributed by atoms with Crippen molar-refractivity contribution in [2.24, 2.45) is 0 Å². The molecule has 1 aliphatic heterocycles. The molecule has 1 amide bonds. The van der Waals surface area contributed by atoms with Gasteiger partial charge in [-0.3, -0.25) is 9.59 Å². The topological polar surface area (TPSA) is 106 Å². The number of nitrogens with one attached hydrogen (secondary N) is 1. The Labute approximate surface area is 144 Å². The third-order valence-corrected chi connectivity index (χ3v) is 4.32. The number of carbonyl (C=O) groups excluding carboxylic acids is 1. The summed E-state index contributed by atoms with van der Waals surface area (Å²) >= 11 is 0. The molecule has 8 heteroatoms. The van der Waals surface area contributed by atoms with E-state index in [0.29, 0.717) is 18.7 Å². The minimum absolute atomic E-state index is 0.0417. The SMILES string of the molecule is Cc1c(CC(=O)NC2(CC(=O)O)CCOC2)nnn1-c1ccccc1. The first-order chi connectivity index (χ1) is 12.0. The molecule has 1 fully saturated rings. The Morgan fingerprint density at radius 2 is 2.12 bits per heavy atom. The summed E-state index contributed by atoms with van der Waals surface area (Å²) in [4.78, 5) is 23.5. The van der Waals surface area contributed by atoms with Crippen LogP contribution in [-0.2, 0) is 20.7 Å². The molecule has 1 aliphatic rings. The zero-order chi connectivity index (χ0) is 17.9. The Morgan fingerprint density at radius 3 is 2.76 bits per heavy atom. The molecule has 3 rings (SSSR count). The van der Waals surface area contributed by atoms with Crippen molar-refractivity contribution in [3.8, 4) is 5.69 Å². The molecule has 0 aliphatic carbocycles. The van der Waals surface area contributed by atoms with Gasteiger partial charge in [0.2, 0.25) is 5.91 Å². The number of benzene rings is 1. The van der Waals surface area contributed by atoms with E-state index < -0.39 is 11.5 Å². The van der Waals surface area contributed by atoms with Crippen LogP contribution in [-0.4, -0.2) is 50.7 Å². The lowest BCUT2D eigenvalue weighted by atomic mass is 9.94. The fourth-order valence-electron chi connectivity index (χ4n) is 3.01. The van der Waals surface area contributed by atoms with Crippen LogP contribution in [0, 0.1) is 6.92 Å². The fourth-order valence-corrected chi connectivity index (χ4v) is 3.01. The van der Waals surface area contributed by atoms with Crippen LogP contribution in [0.3, 0.4) is 0 Å². The summed E-state index contributed by atoms with van der Waals surface area (Å²) in [5, 5.41) is 20.1. The fraction of sp³-hybridized carbons (Fsp3) is 0.412. The summed E-state index contributed by atoms with van der Waals surface area (Å²) in [5.74, 6) is -1.24. The van der Waals surface area contributed by atoms with Crippen LogP contribution in [0.5, 0.6) is 0 Å². The zero-order valence-electron chi connectivity index (χ0n) is 13.9. The first kappa shape index (κ1) is 17.1. The number of aromatic nitrogens is 3. The molecule has 2 heterocycles. The molecule has 1 unspecified atom stereocenters. The van der Waals surface area contributed by atoms with E-state index >= 15 is 0 Å². The summed E-state index contributed by atoms with van der Waals surface area (Å²) in [6, 6.07) is 9.53. The van der Waals surface area contributed by atoms with Crippen LogP contribution >= 0.6 is 0 Å². The lowest BCUT2D eigenvalue weighted by Crippen LogP contribution is -2.51. The van der Waals surface area contributed by atoms with Gasteiger partial charge in [0.25, 0.3) is 0 Å². The number of carboxylic acids is 1. The first-order valence-corrected chi connectivity index (χ1v) is 8.06. The van der Waals surface area contributed by atoms with Gasteiger partial charge in [-0.25, -0.2) is 4.68 Å². The molecular weight excluding hydrogens is 324 g/mol. The maximum absolute atomic E-state index is 12.4. The summed E-state index contributed by atoms with van der Waals surface area (Å²) in [6.07, 6.45) is 0.370. The number of amides is 1. The molecule has 0 spiro atoms. The van der Waals surface area contributed by atoms with E-state index in [1.807, 2.05) is 37.3 Å². The minimum Gasteiger partial charge on any atom is -0.481 e. The smallest absolute Gasteiger partial charge is 0.305 e. The van der Waals surface area contributed by atoms with Gasteiger partial charge in [0.05, 0.1) is 42.1 Å². The largest absolute Gasteiger partial charge is 0.481 e. The van der Waals surface area contributed by atoms with Gasteiger partial charge in [0, 0.05) is 6.61 Å². The lowest BCUT2D eigenvalue weighted by Gasteiger charge is -2.26. The Hall–Kier alpha value is -2.74. The second-order valence-corrected chi connectivity index (χ2v) is 6.25. The molecule has 0 bridgehead atoms. The standard InChI is InChI=1S/C17H20N4O4/c1-12-14(19-20-21(12)13-5-3-2-4-6-13)9-15(22)18-17(10-16(23)24)7-8-25-11-17/h2-6H,7-11H2,1H3,(H,18,22)(H,23,24). The predicted octanol–water partition coefficient (Wildman–Crippen LogP) is 0.868. The van der Waals surface area contributed by atoms with Crippen molar-refractivity contribution in [2.45, 2.75) is 31.7 Å². The lowest BCUT2D eigenvalue weighted by molar-refractivity contribution is -0.139. The summed E-state index contributed by atoms with van der Waals surface area (Å²) in [5.41, 5.74) is 1.36. The molecule has 2 N–H and O–H groups in total. The molecule has 25 heavy (non-hydrogen) atoms. The average molecular weight is 344 g/mol. The maximum atomic E-state index is 12.4. The molecule has 2 aromatic rings. The molecular formula is C17H20N4O4. The monoisotopic (exact) mass is 344 g/mol. The number of rotatable bonds is 6. The van der Waals surface area contributed by atoms with Crippen LogP contribution in [0.4, 0.5) is 0 Å². The van der Waals surface area contributed by atoms with E-state index in [9.17, 15) is 9.59 Å². The highest BCUT2D eigenvalue weighted by atomic mass is 16.5. The Kier molecular flexibility index (Phi) is 4.80. The van der Waals surface area contributed by atoms with Crippen LogP contribution in [0.2, 0.25) is 0 Å². The van der Waals surface area contributed by atoms with E-state index in [2.05, 4.69) is 15.6 Å². The Balaban J connectivity index is 1.71. The van der Waals surface area contributed by atoms with Gasteiger partial charge in [-0.05, 0) is 25.5 Å². The van der Waals surface area contributed by atoms with Crippen molar-refractivity contribution < 1.29 is 19.4 Å². The van der Waals surface area contributed by atoms with E-state index in [-0.39, 0.29) is 25.4 Å². The highest BCUT2D eigenvalue weighted by Gasteiger charge is 2.38. The van der Waals surface area contributed by atoms with Crippen LogP contribution in [0.25, 0.3) is 5.69 Å². The Bertz CT molecular complexity index is 766. The van der Waals surface area contributed by atoms with Gasteiger partial charge in [-0.2, -0.15) is 0 Å². The predicted molar refractivity (Wildman–Crippen MR) is 88.4 cm³/mol. The van der Waals surface area contributed by atoms with Crippen molar-refractivity contribution >= 4 is 11.9 Å². The number of nitrogens with zero attached hydrogens (tertiary/aromatic N) is 3. The summed E-state index contributed by atoms with van der Waals surface area (Å²) in [7, 11) is 0. The normalized spacial score (nSPS) is 19.7.